The van der Waals surface area contributed by atoms with Crippen LogP contribution < -0.4 is 5.73 Å². The van der Waals surface area contributed by atoms with Gasteiger partial charge in [-0.2, -0.15) is 0 Å². The Hall–Kier alpha value is -1.16. The van der Waals surface area contributed by atoms with Crippen molar-refractivity contribution in [2.75, 3.05) is 13.1 Å². The molecule has 2 N–H and O–H groups in total. The second-order valence-corrected chi connectivity index (χ2v) is 6.21. The molecule has 2 aromatic rings. The summed E-state index contributed by atoms with van der Waals surface area (Å²) in [6.45, 7) is 2.72. The van der Waals surface area contributed by atoms with Crippen molar-refractivity contribution in [1.82, 2.24) is 4.90 Å². The van der Waals surface area contributed by atoms with E-state index in [1.807, 2.05) is 0 Å². The molecule has 0 spiro atoms. The minimum Gasteiger partial charge on any atom is -0.329 e. The van der Waals surface area contributed by atoms with Crippen LogP contribution in [-0.4, -0.2) is 18.0 Å². The first-order chi connectivity index (χ1) is 9.78. The SMILES string of the molecule is NCC(c1cccc(Br)c1)N1CCc2ccccc2C1. The molecule has 3 heteroatoms. The van der Waals surface area contributed by atoms with Gasteiger partial charge in [0.25, 0.3) is 0 Å². The molecule has 20 heavy (non-hydrogen) atoms. The third kappa shape index (κ3) is 2.80. The molecule has 0 saturated heterocycles. The van der Waals surface area contributed by atoms with Crippen LogP contribution in [0.3, 0.4) is 0 Å². The first-order valence-electron chi connectivity index (χ1n) is 7.04. The summed E-state index contributed by atoms with van der Waals surface area (Å²) in [7, 11) is 0. The maximum atomic E-state index is 6.05. The molecule has 1 aliphatic heterocycles. The van der Waals surface area contributed by atoms with Gasteiger partial charge in [-0.3, -0.25) is 4.90 Å². The molecule has 1 aliphatic rings. The molecule has 0 radical (unpaired) electrons. The normalized spacial score (nSPS) is 16.7. The number of nitrogens with zero attached hydrogens (tertiary/aromatic N) is 1. The van der Waals surface area contributed by atoms with Gasteiger partial charge in [0.15, 0.2) is 0 Å². The van der Waals surface area contributed by atoms with E-state index >= 15 is 0 Å². The van der Waals surface area contributed by atoms with Gasteiger partial charge in [0, 0.05) is 30.1 Å². The number of rotatable bonds is 3. The Kier molecular flexibility index (Phi) is 4.20. The lowest BCUT2D eigenvalue weighted by Gasteiger charge is -2.35. The number of hydrogen-bond donors (Lipinski definition) is 1. The Labute approximate surface area is 128 Å². The second kappa shape index (κ2) is 6.08. The monoisotopic (exact) mass is 330 g/mol. The van der Waals surface area contributed by atoms with Gasteiger partial charge in [-0.25, -0.2) is 0 Å². The molecule has 1 atom stereocenters. The highest BCUT2D eigenvalue weighted by Gasteiger charge is 2.23. The number of nitrogens with two attached hydrogens (primary N) is 1. The zero-order chi connectivity index (χ0) is 13.9. The van der Waals surface area contributed by atoms with Gasteiger partial charge in [-0.05, 0) is 35.2 Å². The molecule has 1 unspecified atom stereocenters. The van der Waals surface area contributed by atoms with E-state index in [0.29, 0.717) is 12.6 Å². The van der Waals surface area contributed by atoms with Crippen molar-refractivity contribution in [2.24, 2.45) is 5.73 Å². The van der Waals surface area contributed by atoms with Crippen LogP contribution in [0.15, 0.2) is 53.0 Å². The van der Waals surface area contributed by atoms with Crippen LogP contribution in [0, 0.1) is 0 Å². The summed E-state index contributed by atoms with van der Waals surface area (Å²) in [5.41, 5.74) is 10.3. The highest BCUT2D eigenvalue weighted by molar-refractivity contribution is 9.10. The molecule has 2 nitrogen and oxygen atoms in total. The Balaban J connectivity index is 1.85. The van der Waals surface area contributed by atoms with Crippen molar-refractivity contribution in [2.45, 2.75) is 19.0 Å². The van der Waals surface area contributed by atoms with E-state index in [-0.39, 0.29) is 0 Å². The van der Waals surface area contributed by atoms with E-state index in [0.717, 1.165) is 24.0 Å². The third-order valence-electron chi connectivity index (χ3n) is 4.06. The highest BCUT2D eigenvalue weighted by atomic mass is 79.9. The van der Waals surface area contributed by atoms with Gasteiger partial charge < -0.3 is 5.73 Å². The van der Waals surface area contributed by atoms with E-state index in [1.54, 1.807) is 0 Å². The van der Waals surface area contributed by atoms with Crippen LogP contribution in [0.5, 0.6) is 0 Å². The Morgan fingerprint density at radius 1 is 1.10 bits per heavy atom. The molecule has 2 aromatic carbocycles. The molecule has 104 valence electrons. The lowest BCUT2D eigenvalue weighted by Crippen LogP contribution is -2.37. The van der Waals surface area contributed by atoms with Crippen LogP contribution in [0.2, 0.25) is 0 Å². The number of halogens is 1. The lowest BCUT2D eigenvalue weighted by atomic mass is 9.96. The van der Waals surface area contributed by atoms with Crippen LogP contribution in [0.25, 0.3) is 0 Å². The first-order valence-corrected chi connectivity index (χ1v) is 7.83. The maximum absolute atomic E-state index is 6.05. The average Bonchev–Trinajstić information content (AvgIpc) is 2.48. The average molecular weight is 331 g/mol. The fraction of sp³-hybridized carbons (Fsp3) is 0.294. The summed E-state index contributed by atoms with van der Waals surface area (Å²) in [6, 6.07) is 17.5. The molecule has 0 aliphatic carbocycles. The summed E-state index contributed by atoms with van der Waals surface area (Å²) >= 11 is 3.55. The fourth-order valence-corrected chi connectivity index (χ4v) is 3.41. The lowest BCUT2D eigenvalue weighted by molar-refractivity contribution is 0.183. The number of fused-ring (bicyclic) bond motifs is 1. The van der Waals surface area contributed by atoms with Crippen LogP contribution >= 0.6 is 15.9 Å². The first kappa shape index (κ1) is 13.8. The topological polar surface area (TPSA) is 29.3 Å². The molecule has 0 bridgehead atoms. The third-order valence-corrected chi connectivity index (χ3v) is 4.55. The van der Waals surface area contributed by atoms with Gasteiger partial charge in [0.1, 0.15) is 0 Å². The molecule has 1 heterocycles. The smallest absolute Gasteiger partial charge is 0.0474 e. The van der Waals surface area contributed by atoms with Crippen LogP contribution in [-0.2, 0) is 13.0 Å². The number of hydrogen-bond acceptors (Lipinski definition) is 2. The maximum Gasteiger partial charge on any atom is 0.0474 e. The van der Waals surface area contributed by atoms with Gasteiger partial charge in [-0.15, -0.1) is 0 Å². The van der Waals surface area contributed by atoms with E-state index in [9.17, 15) is 0 Å². The van der Waals surface area contributed by atoms with Gasteiger partial charge in [-0.1, -0.05) is 52.3 Å². The Morgan fingerprint density at radius 2 is 1.90 bits per heavy atom. The largest absolute Gasteiger partial charge is 0.329 e. The van der Waals surface area contributed by atoms with Gasteiger partial charge in [0.05, 0.1) is 0 Å². The van der Waals surface area contributed by atoms with Crippen LogP contribution in [0.4, 0.5) is 0 Å². The molecule has 0 saturated carbocycles. The van der Waals surface area contributed by atoms with E-state index in [2.05, 4.69) is 69.4 Å². The molecule has 3 rings (SSSR count). The highest BCUT2D eigenvalue weighted by Crippen LogP contribution is 2.28. The fourth-order valence-electron chi connectivity index (χ4n) is 2.99. The zero-order valence-corrected chi connectivity index (χ0v) is 13.0. The summed E-state index contributed by atoms with van der Waals surface area (Å²) in [4.78, 5) is 2.49. The van der Waals surface area contributed by atoms with Crippen molar-refractivity contribution < 1.29 is 0 Å². The van der Waals surface area contributed by atoms with Gasteiger partial charge in [0.2, 0.25) is 0 Å². The summed E-state index contributed by atoms with van der Waals surface area (Å²) < 4.78 is 1.12. The Morgan fingerprint density at radius 3 is 2.65 bits per heavy atom. The molecule has 0 aromatic heterocycles. The van der Waals surface area contributed by atoms with Gasteiger partial charge >= 0.3 is 0 Å². The standard InChI is InChI=1S/C17H19BrN2/c18-16-7-3-6-14(10-16)17(11-19)20-9-8-13-4-1-2-5-15(13)12-20/h1-7,10,17H,8-9,11-12,19H2. The van der Waals surface area contributed by atoms with Crippen molar-refractivity contribution in [1.29, 1.82) is 0 Å². The van der Waals surface area contributed by atoms with Crippen molar-refractivity contribution >= 4 is 15.9 Å². The van der Waals surface area contributed by atoms with E-state index < -0.39 is 0 Å². The van der Waals surface area contributed by atoms with Crippen LogP contribution in [0.1, 0.15) is 22.7 Å². The zero-order valence-electron chi connectivity index (χ0n) is 11.4. The van der Waals surface area contributed by atoms with Crippen molar-refractivity contribution in [3.05, 3.63) is 69.7 Å². The Bertz CT molecular complexity index is 597. The van der Waals surface area contributed by atoms with Crippen molar-refractivity contribution in [3.8, 4) is 0 Å². The minimum atomic E-state index is 0.292. The van der Waals surface area contributed by atoms with E-state index in [1.165, 1.54) is 16.7 Å². The predicted molar refractivity (Wildman–Crippen MR) is 86.5 cm³/mol. The molecule has 0 amide bonds. The number of benzene rings is 2. The second-order valence-electron chi connectivity index (χ2n) is 5.30. The summed E-state index contributed by atoms with van der Waals surface area (Å²) in [5.74, 6) is 0. The predicted octanol–water partition coefficient (Wildman–Crippen LogP) is 3.51. The molecule has 0 fully saturated rings. The summed E-state index contributed by atoms with van der Waals surface area (Å²) in [5, 5.41) is 0. The van der Waals surface area contributed by atoms with E-state index in [4.69, 9.17) is 5.73 Å². The van der Waals surface area contributed by atoms with Crippen molar-refractivity contribution in [3.63, 3.8) is 0 Å². The molecular formula is C17H19BrN2. The minimum absolute atomic E-state index is 0.292. The molecular weight excluding hydrogens is 312 g/mol. The summed E-state index contributed by atoms with van der Waals surface area (Å²) in [6.07, 6.45) is 1.11. The quantitative estimate of drug-likeness (QED) is 0.933.